The second-order valence-corrected chi connectivity index (χ2v) is 8.27. The molecule has 0 bridgehead atoms. The first kappa shape index (κ1) is 27.1. The van der Waals surface area contributed by atoms with Gasteiger partial charge in [0.15, 0.2) is 11.5 Å². The Morgan fingerprint density at radius 2 is 1.53 bits per heavy atom. The van der Waals surface area contributed by atoms with Crippen LogP contribution in [0.2, 0.25) is 0 Å². The topological polar surface area (TPSA) is 77.0 Å². The van der Waals surface area contributed by atoms with Crippen molar-refractivity contribution >= 4 is 18.1 Å². The number of ether oxygens (including phenoxy) is 2. The van der Waals surface area contributed by atoms with Crippen molar-refractivity contribution in [3.63, 3.8) is 0 Å². The van der Waals surface area contributed by atoms with Gasteiger partial charge < -0.3 is 9.47 Å². The monoisotopic (exact) mass is 466 g/mol. The maximum atomic E-state index is 12.3. The van der Waals surface area contributed by atoms with Crippen LogP contribution in [0.1, 0.15) is 94.0 Å². The van der Waals surface area contributed by atoms with E-state index in [1.807, 2.05) is 13.0 Å². The van der Waals surface area contributed by atoms with Crippen LogP contribution < -0.4 is 14.9 Å². The average Bonchev–Trinajstić information content (AvgIpc) is 2.85. The molecular weight excluding hydrogens is 428 g/mol. The Labute approximate surface area is 203 Å². The number of nitrogens with zero attached hydrogens (tertiary/aromatic N) is 1. The number of nitrogens with one attached hydrogen (secondary N) is 1. The molecule has 0 aromatic heterocycles. The number of unbranched alkanes of at least 4 members (excludes halogenated alkanes) is 8. The van der Waals surface area contributed by atoms with Gasteiger partial charge in [0, 0.05) is 6.42 Å². The molecule has 184 valence electrons. The number of hydrogen-bond donors (Lipinski definition) is 1. The van der Waals surface area contributed by atoms with Crippen LogP contribution in [0.15, 0.2) is 53.6 Å². The molecule has 1 amide bonds. The predicted octanol–water partition coefficient (Wildman–Crippen LogP) is 6.68. The van der Waals surface area contributed by atoms with Crippen LogP contribution in [0.4, 0.5) is 0 Å². The van der Waals surface area contributed by atoms with Gasteiger partial charge in [-0.05, 0) is 49.2 Å². The summed E-state index contributed by atoms with van der Waals surface area (Å²) in [5.41, 5.74) is 3.77. The van der Waals surface area contributed by atoms with E-state index in [9.17, 15) is 9.59 Å². The van der Waals surface area contributed by atoms with Crippen molar-refractivity contribution in [3.8, 4) is 11.5 Å². The van der Waals surface area contributed by atoms with Gasteiger partial charge in [-0.3, -0.25) is 4.79 Å². The molecule has 2 rings (SSSR count). The quantitative estimate of drug-likeness (QED) is 0.0984. The minimum atomic E-state index is -0.452. The van der Waals surface area contributed by atoms with Crippen molar-refractivity contribution in [2.45, 2.75) is 78.1 Å². The van der Waals surface area contributed by atoms with Crippen molar-refractivity contribution in [3.05, 3.63) is 59.7 Å². The zero-order chi connectivity index (χ0) is 24.4. The summed E-state index contributed by atoms with van der Waals surface area (Å²) in [6.45, 7) is 4.51. The first-order chi connectivity index (χ1) is 16.6. The van der Waals surface area contributed by atoms with Gasteiger partial charge in [-0.2, -0.15) is 5.10 Å². The first-order valence-electron chi connectivity index (χ1n) is 12.5. The van der Waals surface area contributed by atoms with Crippen LogP contribution in [0.5, 0.6) is 11.5 Å². The molecule has 0 aliphatic rings. The van der Waals surface area contributed by atoms with Gasteiger partial charge in [-0.15, -0.1) is 0 Å². The molecule has 6 heteroatoms. The van der Waals surface area contributed by atoms with Crippen molar-refractivity contribution in [1.29, 1.82) is 0 Å². The van der Waals surface area contributed by atoms with Crippen molar-refractivity contribution in [2.24, 2.45) is 5.10 Å². The van der Waals surface area contributed by atoms with E-state index >= 15 is 0 Å². The van der Waals surface area contributed by atoms with Gasteiger partial charge in [-0.25, -0.2) is 10.2 Å². The molecule has 0 unspecified atom stereocenters. The Morgan fingerprint density at radius 1 is 0.853 bits per heavy atom. The Bertz CT molecular complexity index is 897. The van der Waals surface area contributed by atoms with E-state index in [0.717, 1.165) is 18.4 Å². The summed E-state index contributed by atoms with van der Waals surface area (Å²) < 4.78 is 11.1. The molecule has 1 N–H and O–H groups in total. The van der Waals surface area contributed by atoms with Crippen molar-refractivity contribution in [2.75, 3.05) is 6.61 Å². The third-order valence-electron chi connectivity index (χ3n) is 5.39. The number of hydrazone groups is 1. The van der Waals surface area contributed by atoms with Gasteiger partial charge in [-0.1, -0.05) is 76.5 Å². The van der Waals surface area contributed by atoms with Crippen LogP contribution in [0.25, 0.3) is 0 Å². The minimum absolute atomic E-state index is 0.0855. The summed E-state index contributed by atoms with van der Waals surface area (Å²) >= 11 is 0. The van der Waals surface area contributed by atoms with E-state index in [2.05, 4.69) is 17.5 Å². The number of amides is 1. The Kier molecular flexibility index (Phi) is 13.1. The first-order valence-corrected chi connectivity index (χ1v) is 12.5. The highest BCUT2D eigenvalue weighted by Gasteiger charge is 2.13. The molecule has 0 radical (unpaired) electrons. The van der Waals surface area contributed by atoms with E-state index in [1.54, 1.807) is 48.7 Å². The highest BCUT2D eigenvalue weighted by molar-refractivity contribution is 5.91. The minimum Gasteiger partial charge on any atom is -0.490 e. The summed E-state index contributed by atoms with van der Waals surface area (Å²) in [7, 11) is 0. The van der Waals surface area contributed by atoms with Gasteiger partial charge in [0.2, 0.25) is 5.91 Å². The molecule has 0 aliphatic carbocycles. The average molecular weight is 467 g/mol. The van der Waals surface area contributed by atoms with Crippen LogP contribution in [-0.4, -0.2) is 24.7 Å². The van der Waals surface area contributed by atoms with Gasteiger partial charge >= 0.3 is 5.97 Å². The van der Waals surface area contributed by atoms with Crippen LogP contribution >= 0.6 is 0 Å². The van der Waals surface area contributed by atoms with Gasteiger partial charge in [0.05, 0.1) is 18.4 Å². The molecule has 34 heavy (non-hydrogen) atoms. The largest absolute Gasteiger partial charge is 0.490 e. The number of esters is 1. The molecule has 2 aromatic carbocycles. The van der Waals surface area contributed by atoms with E-state index in [1.165, 1.54) is 44.9 Å². The molecule has 2 aromatic rings. The SMILES string of the molecule is CCCCCCCCCCCC(=O)N/N=C/c1ccc(OC(=O)c2ccccc2)c(OCC)c1. The molecule has 0 saturated heterocycles. The Hall–Kier alpha value is -3.15. The molecule has 0 aliphatic heterocycles. The third kappa shape index (κ3) is 10.6. The lowest BCUT2D eigenvalue weighted by molar-refractivity contribution is -0.121. The number of carbonyl (C=O) groups excluding carboxylic acids is 2. The van der Waals surface area contributed by atoms with Crippen LogP contribution in [0.3, 0.4) is 0 Å². The molecule has 6 nitrogen and oxygen atoms in total. The highest BCUT2D eigenvalue weighted by atomic mass is 16.6. The zero-order valence-electron chi connectivity index (χ0n) is 20.6. The summed E-state index contributed by atoms with van der Waals surface area (Å²) in [6.07, 6.45) is 13.0. The molecular formula is C28H38N2O4. The van der Waals surface area contributed by atoms with Gasteiger partial charge in [0.25, 0.3) is 0 Å². The fourth-order valence-electron chi connectivity index (χ4n) is 3.52. The van der Waals surface area contributed by atoms with E-state index in [-0.39, 0.29) is 5.91 Å². The van der Waals surface area contributed by atoms with Gasteiger partial charge in [0.1, 0.15) is 0 Å². The Morgan fingerprint density at radius 3 is 2.21 bits per heavy atom. The standard InChI is InChI=1S/C28H38N2O4/c1-3-5-6-7-8-9-10-11-15-18-27(31)30-29-22-23-19-20-25(26(21-23)33-4-2)34-28(32)24-16-13-12-14-17-24/h12-14,16-17,19-22H,3-11,15,18H2,1-2H3,(H,30,31)/b29-22+. The summed E-state index contributed by atoms with van der Waals surface area (Å²) in [5, 5.41) is 4.05. The zero-order valence-corrected chi connectivity index (χ0v) is 20.6. The highest BCUT2D eigenvalue weighted by Crippen LogP contribution is 2.29. The van der Waals surface area contributed by atoms with Crippen molar-refractivity contribution in [1.82, 2.24) is 5.43 Å². The fraction of sp³-hybridized carbons (Fsp3) is 0.464. The predicted molar refractivity (Wildman–Crippen MR) is 137 cm³/mol. The van der Waals surface area contributed by atoms with Crippen LogP contribution in [-0.2, 0) is 4.79 Å². The molecule has 0 heterocycles. The smallest absolute Gasteiger partial charge is 0.343 e. The maximum Gasteiger partial charge on any atom is 0.343 e. The maximum absolute atomic E-state index is 12.3. The fourth-order valence-corrected chi connectivity index (χ4v) is 3.52. The summed E-state index contributed by atoms with van der Waals surface area (Å²) in [6, 6.07) is 13.9. The number of carbonyl (C=O) groups is 2. The molecule has 0 atom stereocenters. The molecule has 0 saturated carbocycles. The lowest BCUT2D eigenvalue weighted by Gasteiger charge is -2.11. The second kappa shape index (κ2) is 16.5. The number of hydrogen-bond acceptors (Lipinski definition) is 5. The third-order valence-corrected chi connectivity index (χ3v) is 5.39. The van der Waals surface area contributed by atoms with Crippen molar-refractivity contribution < 1.29 is 19.1 Å². The number of rotatable bonds is 16. The lowest BCUT2D eigenvalue weighted by atomic mass is 10.1. The lowest BCUT2D eigenvalue weighted by Crippen LogP contribution is -2.16. The summed E-state index contributed by atoms with van der Waals surface area (Å²) in [5.74, 6) is 0.239. The van der Waals surface area contributed by atoms with E-state index < -0.39 is 5.97 Å². The number of benzene rings is 2. The second-order valence-electron chi connectivity index (χ2n) is 8.27. The Balaban J connectivity index is 1.75. The normalized spacial score (nSPS) is 10.9. The van der Waals surface area contributed by atoms with Crippen LogP contribution in [0, 0.1) is 0 Å². The molecule has 0 spiro atoms. The van der Waals surface area contributed by atoms with E-state index in [0.29, 0.717) is 30.1 Å². The van der Waals surface area contributed by atoms with E-state index in [4.69, 9.17) is 9.47 Å². The summed E-state index contributed by atoms with van der Waals surface area (Å²) in [4.78, 5) is 24.4. The molecule has 0 fully saturated rings.